The number of halogens is 1. The van der Waals surface area contributed by atoms with Gasteiger partial charge in [0.05, 0.1) is 0 Å². The van der Waals surface area contributed by atoms with E-state index in [0.29, 0.717) is 6.04 Å². The van der Waals surface area contributed by atoms with Crippen molar-refractivity contribution in [2.24, 2.45) is 0 Å². The van der Waals surface area contributed by atoms with E-state index in [1.165, 1.54) is 43.4 Å². The number of nitrogens with zero attached hydrogens (tertiary/aromatic N) is 1. The first-order valence-corrected chi connectivity index (χ1v) is 7.15. The van der Waals surface area contributed by atoms with Gasteiger partial charge in [0.25, 0.3) is 0 Å². The molecule has 1 nitrogen and oxygen atoms in total. The summed E-state index contributed by atoms with van der Waals surface area (Å²) in [7, 11) is 0. The second-order valence-electron chi connectivity index (χ2n) is 5.10. The number of aromatic nitrogens is 1. The van der Waals surface area contributed by atoms with Gasteiger partial charge in [0.2, 0.25) is 0 Å². The van der Waals surface area contributed by atoms with Gasteiger partial charge >= 0.3 is 0 Å². The van der Waals surface area contributed by atoms with E-state index in [1.807, 2.05) is 12.1 Å². The number of benzene rings is 1. The molecule has 0 saturated heterocycles. The van der Waals surface area contributed by atoms with E-state index >= 15 is 0 Å². The van der Waals surface area contributed by atoms with Gasteiger partial charge in [-0.15, -0.1) is 0 Å². The van der Waals surface area contributed by atoms with E-state index in [9.17, 15) is 0 Å². The third-order valence-electron chi connectivity index (χ3n) is 3.87. The van der Waals surface area contributed by atoms with Gasteiger partial charge in [-0.3, -0.25) is 0 Å². The summed E-state index contributed by atoms with van der Waals surface area (Å²) in [5, 5.41) is 0.809. The standard InChI is InChI=1S/C16H18ClN/c17-14-7-4-6-13(12-14)16-10-5-11-18(16)15-8-2-1-3-9-15/h4-7,10-12,15H,1-3,8-9H2. The molecular formula is C16H18ClN. The molecule has 0 amide bonds. The van der Waals surface area contributed by atoms with Gasteiger partial charge in [0.15, 0.2) is 0 Å². The molecule has 1 aliphatic rings. The Balaban J connectivity index is 1.95. The molecule has 3 rings (SSSR count). The molecule has 1 aliphatic carbocycles. The highest BCUT2D eigenvalue weighted by atomic mass is 35.5. The zero-order valence-electron chi connectivity index (χ0n) is 10.5. The Kier molecular flexibility index (Phi) is 3.42. The summed E-state index contributed by atoms with van der Waals surface area (Å²) < 4.78 is 2.44. The van der Waals surface area contributed by atoms with Crippen molar-refractivity contribution in [1.82, 2.24) is 4.57 Å². The maximum Gasteiger partial charge on any atom is 0.0483 e. The number of rotatable bonds is 2. The molecule has 2 heteroatoms. The van der Waals surface area contributed by atoms with E-state index in [-0.39, 0.29) is 0 Å². The van der Waals surface area contributed by atoms with Gasteiger partial charge in [0.1, 0.15) is 0 Å². The topological polar surface area (TPSA) is 4.93 Å². The molecule has 0 radical (unpaired) electrons. The van der Waals surface area contributed by atoms with Crippen molar-refractivity contribution in [2.75, 3.05) is 0 Å². The largest absolute Gasteiger partial charge is 0.344 e. The van der Waals surface area contributed by atoms with Crippen molar-refractivity contribution in [1.29, 1.82) is 0 Å². The van der Waals surface area contributed by atoms with Crippen LogP contribution in [-0.4, -0.2) is 4.57 Å². The van der Waals surface area contributed by atoms with Crippen LogP contribution in [-0.2, 0) is 0 Å². The van der Waals surface area contributed by atoms with Crippen molar-refractivity contribution in [3.05, 3.63) is 47.6 Å². The summed E-state index contributed by atoms with van der Waals surface area (Å²) >= 11 is 6.09. The average Bonchev–Trinajstić information content (AvgIpc) is 2.89. The molecule has 0 bridgehead atoms. The first-order chi connectivity index (χ1) is 8.84. The van der Waals surface area contributed by atoms with Crippen molar-refractivity contribution in [2.45, 2.75) is 38.1 Å². The normalized spacial score (nSPS) is 16.9. The minimum absolute atomic E-state index is 0.669. The Morgan fingerprint density at radius 1 is 1.00 bits per heavy atom. The summed E-state index contributed by atoms with van der Waals surface area (Å²) in [4.78, 5) is 0. The Bertz CT molecular complexity index is 523. The smallest absolute Gasteiger partial charge is 0.0483 e. The van der Waals surface area contributed by atoms with Crippen LogP contribution < -0.4 is 0 Å². The third kappa shape index (κ3) is 2.32. The summed E-state index contributed by atoms with van der Waals surface area (Å²) in [6.07, 6.45) is 8.94. The van der Waals surface area contributed by atoms with Crippen LogP contribution in [0.1, 0.15) is 38.1 Å². The number of hydrogen-bond donors (Lipinski definition) is 0. The van der Waals surface area contributed by atoms with Crippen molar-refractivity contribution >= 4 is 11.6 Å². The Labute approximate surface area is 113 Å². The summed E-state index contributed by atoms with van der Waals surface area (Å²) in [6, 6.07) is 13.2. The van der Waals surface area contributed by atoms with E-state index in [1.54, 1.807) is 0 Å². The molecule has 1 heterocycles. The highest BCUT2D eigenvalue weighted by Crippen LogP contribution is 2.33. The van der Waals surface area contributed by atoms with Crippen molar-refractivity contribution in [3.63, 3.8) is 0 Å². The molecular weight excluding hydrogens is 242 g/mol. The van der Waals surface area contributed by atoms with Crippen LogP contribution in [0, 0.1) is 0 Å². The van der Waals surface area contributed by atoms with E-state index in [4.69, 9.17) is 11.6 Å². The lowest BCUT2D eigenvalue weighted by atomic mass is 9.95. The molecule has 1 aromatic carbocycles. The molecule has 1 saturated carbocycles. The van der Waals surface area contributed by atoms with Crippen LogP contribution in [0.3, 0.4) is 0 Å². The molecule has 2 aromatic rings. The van der Waals surface area contributed by atoms with E-state index < -0.39 is 0 Å². The first-order valence-electron chi connectivity index (χ1n) is 6.77. The fraction of sp³-hybridized carbons (Fsp3) is 0.375. The van der Waals surface area contributed by atoms with Crippen LogP contribution in [0.4, 0.5) is 0 Å². The van der Waals surface area contributed by atoms with Gasteiger partial charge in [-0.25, -0.2) is 0 Å². The maximum absolute atomic E-state index is 6.09. The first kappa shape index (κ1) is 11.9. The molecule has 0 N–H and O–H groups in total. The fourth-order valence-electron chi connectivity index (χ4n) is 2.96. The molecule has 0 unspecified atom stereocenters. The summed E-state index contributed by atoms with van der Waals surface area (Å²) in [5.41, 5.74) is 2.52. The molecule has 0 atom stereocenters. The Hall–Kier alpha value is -1.21. The minimum Gasteiger partial charge on any atom is -0.344 e. The maximum atomic E-state index is 6.09. The van der Waals surface area contributed by atoms with Gasteiger partial charge in [-0.05, 0) is 42.7 Å². The molecule has 0 aliphatic heterocycles. The molecule has 1 aromatic heterocycles. The van der Waals surface area contributed by atoms with Crippen LogP contribution in [0.2, 0.25) is 5.02 Å². The zero-order chi connectivity index (χ0) is 12.4. The zero-order valence-corrected chi connectivity index (χ0v) is 11.2. The molecule has 0 spiro atoms. The Morgan fingerprint density at radius 3 is 2.61 bits per heavy atom. The molecule has 1 fully saturated rings. The Morgan fingerprint density at radius 2 is 1.83 bits per heavy atom. The second kappa shape index (κ2) is 5.19. The molecule has 94 valence electrons. The monoisotopic (exact) mass is 259 g/mol. The van der Waals surface area contributed by atoms with Crippen molar-refractivity contribution < 1.29 is 0 Å². The molecule has 18 heavy (non-hydrogen) atoms. The SMILES string of the molecule is Clc1cccc(-c2cccn2C2CCCCC2)c1. The fourth-order valence-corrected chi connectivity index (χ4v) is 3.15. The van der Waals surface area contributed by atoms with Gasteiger partial charge in [0, 0.05) is 23.0 Å². The summed E-state index contributed by atoms with van der Waals surface area (Å²) in [6.45, 7) is 0. The average molecular weight is 260 g/mol. The van der Waals surface area contributed by atoms with Gasteiger partial charge in [-0.1, -0.05) is 43.0 Å². The predicted octanol–water partition coefficient (Wildman–Crippen LogP) is 5.31. The minimum atomic E-state index is 0.669. The predicted molar refractivity (Wildman–Crippen MR) is 77.0 cm³/mol. The summed E-state index contributed by atoms with van der Waals surface area (Å²) in [5.74, 6) is 0. The third-order valence-corrected chi connectivity index (χ3v) is 4.10. The van der Waals surface area contributed by atoms with Crippen LogP contribution in [0.25, 0.3) is 11.3 Å². The van der Waals surface area contributed by atoms with Gasteiger partial charge in [-0.2, -0.15) is 0 Å². The van der Waals surface area contributed by atoms with E-state index in [2.05, 4.69) is 35.0 Å². The van der Waals surface area contributed by atoms with Crippen LogP contribution in [0.5, 0.6) is 0 Å². The highest BCUT2D eigenvalue weighted by Gasteiger charge is 2.17. The lowest BCUT2D eigenvalue weighted by Gasteiger charge is -2.25. The number of hydrogen-bond acceptors (Lipinski definition) is 0. The van der Waals surface area contributed by atoms with Crippen molar-refractivity contribution in [3.8, 4) is 11.3 Å². The van der Waals surface area contributed by atoms with E-state index in [0.717, 1.165) is 5.02 Å². The lowest BCUT2D eigenvalue weighted by molar-refractivity contribution is 0.356. The quantitative estimate of drug-likeness (QED) is 0.688. The lowest BCUT2D eigenvalue weighted by Crippen LogP contribution is -2.12. The van der Waals surface area contributed by atoms with Gasteiger partial charge < -0.3 is 4.57 Å². The second-order valence-corrected chi connectivity index (χ2v) is 5.54. The van der Waals surface area contributed by atoms with Crippen LogP contribution >= 0.6 is 11.6 Å². The highest BCUT2D eigenvalue weighted by molar-refractivity contribution is 6.30. The van der Waals surface area contributed by atoms with Crippen LogP contribution in [0.15, 0.2) is 42.6 Å².